The van der Waals surface area contributed by atoms with Crippen LogP contribution in [0.5, 0.6) is 0 Å². The summed E-state index contributed by atoms with van der Waals surface area (Å²) in [5.74, 6) is 0.979. The maximum Gasteiger partial charge on any atom is 0.336 e. The number of hydrogen-bond donors (Lipinski definition) is 0. The Balaban J connectivity index is 1.86. The van der Waals surface area contributed by atoms with Gasteiger partial charge in [-0.15, -0.1) is 5.10 Å². The zero-order valence-electron chi connectivity index (χ0n) is 11.6. The van der Waals surface area contributed by atoms with E-state index in [1.165, 1.54) is 18.9 Å². The van der Waals surface area contributed by atoms with Crippen molar-refractivity contribution in [1.82, 2.24) is 15.0 Å². The van der Waals surface area contributed by atoms with Gasteiger partial charge in [0.25, 0.3) is 0 Å². The van der Waals surface area contributed by atoms with Gasteiger partial charge in [0.1, 0.15) is 5.76 Å². The Morgan fingerprint density at radius 2 is 2.09 bits per heavy atom. The summed E-state index contributed by atoms with van der Waals surface area (Å²) in [7, 11) is 0. The molecule has 110 valence electrons. The zero-order valence-corrected chi connectivity index (χ0v) is 12.3. The summed E-state index contributed by atoms with van der Waals surface area (Å²) in [6, 6.07) is 10.1. The number of benzene rings is 1. The second-order valence-corrected chi connectivity index (χ2v) is 5.77. The van der Waals surface area contributed by atoms with E-state index in [2.05, 4.69) is 10.3 Å². The maximum absolute atomic E-state index is 11.5. The number of aromatic nitrogens is 3. The van der Waals surface area contributed by atoms with Gasteiger partial charge >= 0.3 is 5.63 Å². The first-order chi connectivity index (χ1) is 10.7. The molecule has 0 amide bonds. The minimum Gasteiger partial charge on any atom is -0.423 e. The molecule has 1 aliphatic rings. The molecule has 3 aromatic rings. The Morgan fingerprint density at radius 3 is 2.86 bits per heavy atom. The summed E-state index contributed by atoms with van der Waals surface area (Å²) in [4.78, 5) is 11.5. The SMILES string of the molecule is O=c1cccc(-c2cc(Cl)ccc2-n2cc(C3CC3)nn2)o1. The molecule has 0 atom stereocenters. The standard InChI is InChI=1S/C16H12ClN3O2/c17-11-6-7-14(20-9-13(18-19-20)10-4-5-10)12(8-11)15-2-1-3-16(21)22-15/h1-3,6-10H,4-5H2. The van der Waals surface area contributed by atoms with Gasteiger partial charge in [-0.2, -0.15) is 0 Å². The average molecular weight is 314 g/mol. The van der Waals surface area contributed by atoms with Crippen molar-refractivity contribution in [3.63, 3.8) is 0 Å². The van der Waals surface area contributed by atoms with Gasteiger partial charge in [-0.05, 0) is 37.1 Å². The number of halogens is 1. The first kappa shape index (κ1) is 13.3. The molecule has 0 unspecified atom stereocenters. The van der Waals surface area contributed by atoms with Gasteiger partial charge in [0.15, 0.2) is 0 Å². The summed E-state index contributed by atoms with van der Waals surface area (Å²) in [6.45, 7) is 0. The molecule has 1 aromatic carbocycles. The molecule has 1 fully saturated rings. The third-order valence-electron chi connectivity index (χ3n) is 3.67. The second-order valence-electron chi connectivity index (χ2n) is 5.33. The predicted molar refractivity (Wildman–Crippen MR) is 82.3 cm³/mol. The fourth-order valence-electron chi connectivity index (χ4n) is 2.40. The molecule has 4 rings (SSSR count). The first-order valence-corrected chi connectivity index (χ1v) is 7.41. The van der Waals surface area contributed by atoms with Crippen LogP contribution in [0.4, 0.5) is 0 Å². The first-order valence-electron chi connectivity index (χ1n) is 7.03. The van der Waals surface area contributed by atoms with Crippen LogP contribution in [0.1, 0.15) is 24.5 Å². The lowest BCUT2D eigenvalue weighted by atomic mass is 10.1. The van der Waals surface area contributed by atoms with Crippen LogP contribution in [-0.2, 0) is 0 Å². The molecule has 0 radical (unpaired) electrons. The van der Waals surface area contributed by atoms with E-state index in [1.54, 1.807) is 28.9 Å². The van der Waals surface area contributed by atoms with Crippen molar-refractivity contribution >= 4 is 11.6 Å². The predicted octanol–water partition coefficient (Wildman–Crippen LogP) is 3.42. The van der Waals surface area contributed by atoms with Gasteiger partial charge in [0.05, 0.1) is 17.6 Å². The maximum atomic E-state index is 11.5. The molecule has 0 bridgehead atoms. The molecule has 6 heteroatoms. The van der Waals surface area contributed by atoms with E-state index in [1.807, 2.05) is 12.3 Å². The summed E-state index contributed by atoms with van der Waals surface area (Å²) in [5, 5.41) is 8.97. The summed E-state index contributed by atoms with van der Waals surface area (Å²) < 4.78 is 6.97. The Hall–Kier alpha value is -2.40. The quantitative estimate of drug-likeness (QED) is 0.743. The molecule has 0 saturated heterocycles. The van der Waals surface area contributed by atoms with Crippen molar-refractivity contribution in [2.45, 2.75) is 18.8 Å². The Kier molecular flexibility index (Phi) is 3.08. The van der Waals surface area contributed by atoms with Crippen molar-refractivity contribution in [3.05, 3.63) is 63.7 Å². The number of hydrogen-bond acceptors (Lipinski definition) is 4. The fraction of sp³-hybridized carbons (Fsp3) is 0.188. The highest BCUT2D eigenvalue weighted by molar-refractivity contribution is 6.31. The fourth-order valence-corrected chi connectivity index (χ4v) is 2.57. The van der Waals surface area contributed by atoms with Gasteiger partial charge < -0.3 is 4.42 Å². The van der Waals surface area contributed by atoms with Crippen LogP contribution in [0.15, 0.2) is 51.8 Å². The lowest BCUT2D eigenvalue weighted by Crippen LogP contribution is -2.01. The summed E-state index contributed by atoms with van der Waals surface area (Å²) >= 11 is 6.09. The number of nitrogens with zero attached hydrogens (tertiary/aromatic N) is 3. The van der Waals surface area contributed by atoms with Crippen LogP contribution < -0.4 is 5.63 Å². The summed E-state index contributed by atoms with van der Waals surface area (Å²) in [5.41, 5.74) is 2.08. The van der Waals surface area contributed by atoms with E-state index in [9.17, 15) is 4.79 Å². The molecule has 1 saturated carbocycles. The van der Waals surface area contributed by atoms with Crippen LogP contribution in [0.3, 0.4) is 0 Å². The van der Waals surface area contributed by atoms with Crippen LogP contribution in [0.2, 0.25) is 5.02 Å². The van der Waals surface area contributed by atoms with E-state index >= 15 is 0 Å². The van der Waals surface area contributed by atoms with Gasteiger partial charge in [-0.25, -0.2) is 9.48 Å². The molecule has 0 spiro atoms. The second kappa shape index (κ2) is 5.10. The van der Waals surface area contributed by atoms with Crippen molar-refractivity contribution in [2.24, 2.45) is 0 Å². The van der Waals surface area contributed by atoms with Crippen LogP contribution in [0, 0.1) is 0 Å². The number of rotatable bonds is 3. The van der Waals surface area contributed by atoms with E-state index in [0.29, 0.717) is 22.3 Å². The third kappa shape index (κ3) is 2.44. The van der Waals surface area contributed by atoms with Gasteiger partial charge in [-0.1, -0.05) is 22.9 Å². The van der Waals surface area contributed by atoms with Crippen molar-refractivity contribution in [1.29, 1.82) is 0 Å². The third-order valence-corrected chi connectivity index (χ3v) is 3.90. The monoisotopic (exact) mass is 313 g/mol. The van der Waals surface area contributed by atoms with Crippen molar-refractivity contribution < 1.29 is 4.42 Å². The Bertz CT molecular complexity index is 896. The highest BCUT2D eigenvalue weighted by Gasteiger charge is 2.27. The molecule has 0 aliphatic heterocycles. The molecule has 5 nitrogen and oxygen atoms in total. The van der Waals surface area contributed by atoms with E-state index in [4.69, 9.17) is 16.0 Å². The van der Waals surface area contributed by atoms with Crippen molar-refractivity contribution in [2.75, 3.05) is 0 Å². The van der Waals surface area contributed by atoms with Gasteiger partial charge in [-0.3, -0.25) is 0 Å². The molecular formula is C16H12ClN3O2. The highest BCUT2D eigenvalue weighted by Crippen LogP contribution is 2.39. The molecule has 2 aromatic heterocycles. The normalized spacial score (nSPS) is 14.2. The minimum absolute atomic E-state index is 0.402. The molecule has 0 N–H and O–H groups in total. The van der Waals surface area contributed by atoms with E-state index < -0.39 is 5.63 Å². The van der Waals surface area contributed by atoms with Crippen LogP contribution in [0.25, 0.3) is 17.0 Å². The van der Waals surface area contributed by atoms with Crippen LogP contribution in [-0.4, -0.2) is 15.0 Å². The van der Waals surface area contributed by atoms with Gasteiger partial charge in [0, 0.05) is 22.6 Å². The molecular weight excluding hydrogens is 302 g/mol. The highest BCUT2D eigenvalue weighted by atomic mass is 35.5. The largest absolute Gasteiger partial charge is 0.423 e. The Labute approximate surface area is 131 Å². The summed E-state index contributed by atoms with van der Waals surface area (Å²) in [6.07, 6.45) is 4.25. The van der Waals surface area contributed by atoms with Crippen LogP contribution >= 0.6 is 11.6 Å². The minimum atomic E-state index is -0.402. The molecule has 1 aliphatic carbocycles. The van der Waals surface area contributed by atoms with E-state index in [-0.39, 0.29) is 0 Å². The average Bonchev–Trinajstić information content (AvgIpc) is 3.25. The topological polar surface area (TPSA) is 60.9 Å². The zero-order chi connectivity index (χ0) is 15.1. The van der Waals surface area contributed by atoms with Gasteiger partial charge in [0.2, 0.25) is 0 Å². The lowest BCUT2D eigenvalue weighted by molar-refractivity contribution is 0.525. The van der Waals surface area contributed by atoms with E-state index in [0.717, 1.165) is 11.4 Å². The molecule has 2 heterocycles. The smallest absolute Gasteiger partial charge is 0.336 e. The lowest BCUT2D eigenvalue weighted by Gasteiger charge is -2.08. The van der Waals surface area contributed by atoms with Crippen molar-refractivity contribution in [3.8, 4) is 17.0 Å². The molecule has 22 heavy (non-hydrogen) atoms. The Morgan fingerprint density at radius 1 is 1.23 bits per heavy atom.